The molecule has 2 aromatic rings. The van der Waals surface area contributed by atoms with E-state index in [1.807, 2.05) is 28.8 Å². The van der Waals surface area contributed by atoms with Crippen LogP contribution in [-0.4, -0.2) is 67.5 Å². The maximum Gasteiger partial charge on any atom is 0.213 e. The second-order valence-electron chi connectivity index (χ2n) is 7.05. The van der Waals surface area contributed by atoms with Crippen LogP contribution in [0.25, 0.3) is 11.0 Å². The average molecular weight is 381 g/mol. The van der Waals surface area contributed by atoms with E-state index >= 15 is 0 Å². The monoisotopic (exact) mass is 380 g/mol. The van der Waals surface area contributed by atoms with Crippen LogP contribution in [0.2, 0.25) is 0 Å². The molecule has 144 valence electrons. The predicted molar refractivity (Wildman–Crippen MR) is 103 cm³/mol. The number of fused-ring (bicyclic) bond motifs is 1. The number of rotatable bonds is 8. The maximum absolute atomic E-state index is 12.5. The van der Waals surface area contributed by atoms with Crippen molar-refractivity contribution < 1.29 is 13.2 Å². The van der Waals surface area contributed by atoms with Gasteiger partial charge in [-0.15, -0.1) is 0 Å². The van der Waals surface area contributed by atoms with E-state index in [4.69, 9.17) is 4.74 Å². The quantitative estimate of drug-likeness (QED) is 0.747. The summed E-state index contributed by atoms with van der Waals surface area (Å²) in [5.41, 5.74) is 1.83. The van der Waals surface area contributed by atoms with E-state index in [-0.39, 0.29) is 11.8 Å². The summed E-state index contributed by atoms with van der Waals surface area (Å²) < 4.78 is 35.1. The molecule has 2 heterocycles. The zero-order chi connectivity index (χ0) is 18.6. The minimum absolute atomic E-state index is 0.0429. The van der Waals surface area contributed by atoms with Gasteiger partial charge in [0.05, 0.1) is 36.3 Å². The highest BCUT2D eigenvalue weighted by atomic mass is 32.2. The molecule has 1 aliphatic heterocycles. The minimum Gasteiger partial charge on any atom is -0.379 e. The Hall–Kier alpha value is -1.48. The Morgan fingerprint density at radius 1 is 1.23 bits per heavy atom. The third kappa shape index (κ3) is 4.82. The molecule has 1 saturated heterocycles. The van der Waals surface area contributed by atoms with Gasteiger partial charge in [0, 0.05) is 32.2 Å². The van der Waals surface area contributed by atoms with Crippen LogP contribution in [-0.2, 0) is 21.3 Å². The summed E-state index contributed by atoms with van der Waals surface area (Å²) in [6.45, 7) is 8.22. The Kier molecular flexibility index (Phi) is 6.29. The first-order chi connectivity index (χ1) is 12.5. The Morgan fingerprint density at radius 3 is 2.69 bits per heavy atom. The van der Waals surface area contributed by atoms with Crippen LogP contribution < -0.4 is 4.72 Å². The molecular formula is C18H28N4O3S. The van der Waals surface area contributed by atoms with Crippen LogP contribution in [0.5, 0.6) is 0 Å². The Morgan fingerprint density at radius 2 is 1.96 bits per heavy atom. The molecule has 7 nitrogen and oxygen atoms in total. The van der Waals surface area contributed by atoms with Gasteiger partial charge in [0.2, 0.25) is 10.0 Å². The summed E-state index contributed by atoms with van der Waals surface area (Å²) in [7, 11) is -3.35. The first-order valence-electron chi connectivity index (χ1n) is 9.15. The summed E-state index contributed by atoms with van der Waals surface area (Å²) >= 11 is 0. The molecule has 0 radical (unpaired) electrons. The van der Waals surface area contributed by atoms with Crippen molar-refractivity contribution in [1.82, 2.24) is 19.2 Å². The third-order valence-electron chi connectivity index (χ3n) is 4.92. The van der Waals surface area contributed by atoms with E-state index in [2.05, 4.69) is 28.5 Å². The average Bonchev–Trinajstić information content (AvgIpc) is 3.04. The minimum atomic E-state index is -3.35. The number of nitrogens with zero attached hydrogens (tertiary/aromatic N) is 3. The molecule has 1 N–H and O–H groups in total. The fourth-order valence-corrected chi connectivity index (χ4v) is 4.39. The van der Waals surface area contributed by atoms with E-state index in [0.717, 1.165) is 24.1 Å². The van der Waals surface area contributed by atoms with E-state index in [1.165, 1.54) is 0 Å². The van der Waals surface area contributed by atoms with Gasteiger partial charge in [-0.1, -0.05) is 26.0 Å². The lowest BCUT2D eigenvalue weighted by Gasteiger charge is -2.36. The molecule has 1 atom stereocenters. The lowest BCUT2D eigenvalue weighted by atomic mass is 10.0. The molecule has 8 heteroatoms. The van der Waals surface area contributed by atoms with Gasteiger partial charge >= 0.3 is 0 Å². The van der Waals surface area contributed by atoms with Gasteiger partial charge in [0.15, 0.2) is 0 Å². The lowest BCUT2D eigenvalue weighted by molar-refractivity contribution is 0.00776. The standard InChI is InChI=1S/C18H28N4O3S/c1-15(2)18(21-7-10-25-11-8-21)13-20-26(23,24)12-9-22-14-19-16-5-3-4-6-17(16)22/h3-6,14-15,18,20H,7-13H2,1-2H3/t18-/m0/s1. The number of ether oxygens (including phenoxy) is 1. The van der Waals surface area contributed by atoms with Crippen molar-refractivity contribution in [1.29, 1.82) is 0 Å². The highest BCUT2D eigenvalue weighted by Crippen LogP contribution is 2.14. The molecule has 1 aromatic carbocycles. The number of imidazole rings is 1. The molecule has 0 amide bonds. The molecule has 3 rings (SSSR count). The summed E-state index contributed by atoms with van der Waals surface area (Å²) in [4.78, 5) is 6.63. The van der Waals surface area contributed by atoms with Crippen molar-refractivity contribution in [2.45, 2.75) is 26.4 Å². The van der Waals surface area contributed by atoms with E-state index in [1.54, 1.807) is 6.33 Å². The fourth-order valence-electron chi connectivity index (χ4n) is 3.39. The molecule has 0 unspecified atom stereocenters. The number of benzene rings is 1. The summed E-state index contributed by atoms with van der Waals surface area (Å²) in [5, 5.41) is 0. The van der Waals surface area contributed by atoms with Crippen molar-refractivity contribution in [3.05, 3.63) is 30.6 Å². The van der Waals surface area contributed by atoms with Crippen LogP contribution >= 0.6 is 0 Å². The van der Waals surface area contributed by atoms with Crippen LogP contribution in [0, 0.1) is 5.92 Å². The second-order valence-corrected chi connectivity index (χ2v) is 8.98. The topological polar surface area (TPSA) is 76.5 Å². The van der Waals surface area contributed by atoms with Gasteiger partial charge in [0.1, 0.15) is 0 Å². The van der Waals surface area contributed by atoms with Crippen LogP contribution in [0.3, 0.4) is 0 Å². The Bertz CT molecular complexity index is 813. The molecule has 0 aliphatic carbocycles. The number of nitrogens with one attached hydrogen (secondary N) is 1. The normalized spacial score (nSPS) is 17.8. The smallest absolute Gasteiger partial charge is 0.213 e. The van der Waals surface area contributed by atoms with Crippen molar-refractivity contribution >= 4 is 21.1 Å². The van der Waals surface area contributed by atoms with Crippen LogP contribution in [0.15, 0.2) is 30.6 Å². The summed E-state index contributed by atoms with van der Waals surface area (Å²) in [5.74, 6) is 0.412. The van der Waals surface area contributed by atoms with Gasteiger partial charge < -0.3 is 9.30 Å². The van der Waals surface area contributed by atoms with E-state index in [0.29, 0.717) is 32.2 Å². The number of sulfonamides is 1. The van der Waals surface area contributed by atoms with Crippen molar-refractivity contribution in [3.63, 3.8) is 0 Å². The maximum atomic E-state index is 12.5. The second kappa shape index (κ2) is 8.47. The summed E-state index contributed by atoms with van der Waals surface area (Å²) in [6.07, 6.45) is 1.70. The Balaban J connectivity index is 1.57. The molecule has 0 spiro atoms. The fraction of sp³-hybridized carbons (Fsp3) is 0.611. The van der Waals surface area contributed by atoms with Gasteiger partial charge in [-0.25, -0.2) is 18.1 Å². The van der Waals surface area contributed by atoms with Crippen molar-refractivity contribution in [3.8, 4) is 0 Å². The zero-order valence-corrected chi connectivity index (χ0v) is 16.3. The first-order valence-corrected chi connectivity index (χ1v) is 10.8. The number of aryl methyl sites for hydroxylation is 1. The van der Waals surface area contributed by atoms with Crippen LogP contribution in [0.4, 0.5) is 0 Å². The lowest BCUT2D eigenvalue weighted by Crippen LogP contribution is -2.51. The van der Waals surface area contributed by atoms with Gasteiger partial charge in [-0.3, -0.25) is 4.90 Å². The highest BCUT2D eigenvalue weighted by molar-refractivity contribution is 7.89. The van der Waals surface area contributed by atoms with E-state index < -0.39 is 10.0 Å². The molecule has 0 saturated carbocycles. The van der Waals surface area contributed by atoms with Gasteiger partial charge in [-0.2, -0.15) is 0 Å². The zero-order valence-electron chi connectivity index (χ0n) is 15.5. The number of hydrogen-bond acceptors (Lipinski definition) is 5. The first kappa shape index (κ1) is 19.3. The van der Waals surface area contributed by atoms with Crippen LogP contribution in [0.1, 0.15) is 13.8 Å². The Labute approximate surface area is 155 Å². The summed E-state index contributed by atoms with van der Waals surface area (Å²) in [6, 6.07) is 7.92. The highest BCUT2D eigenvalue weighted by Gasteiger charge is 2.25. The largest absolute Gasteiger partial charge is 0.379 e. The number of morpholine rings is 1. The van der Waals surface area contributed by atoms with Gasteiger partial charge in [0.25, 0.3) is 0 Å². The van der Waals surface area contributed by atoms with Crippen molar-refractivity contribution in [2.75, 3.05) is 38.6 Å². The number of aromatic nitrogens is 2. The SMILES string of the molecule is CC(C)[C@H](CNS(=O)(=O)CCn1cnc2ccccc21)N1CCOCC1. The molecular weight excluding hydrogens is 352 g/mol. The molecule has 26 heavy (non-hydrogen) atoms. The molecule has 1 aromatic heterocycles. The molecule has 1 fully saturated rings. The molecule has 1 aliphatic rings. The molecule has 0 bridgehead atoms. The van der Waals surface area contributed by atoms with Crippen molar-refractivity contribution in [2.24, 2.45) is 5.92 Å². The van der Waals surface area contributed by atoms with Gasteiger partial charge in [-0.05, 0) is 18.1 Å². The third-order valence-corrected chi connectivity index (χ3v) is 6.25. The number of hydrogen-bond donors (Lipinski definition) is 1. The van der Waals surface area contributed by atoms with E-state index in [9.17, 15) is 8.42 Å². The number of para-hydroxylation sites is 2. The predicted octanol–water partition coefficient (Wildman–Crippen LogP) is 1.31.